The molecule has 0 aliphatic carbocycles. The van der Waals surface area contributed by atoms with Crippen LogP contribution in [0, 0.1) is 5.92 Å². The molecule has 1 fully saturated rings. The molecule has 19 heavy (non-hydrogen) atoms. The maximum atomic E-state index is 11.6. The summed E-state index contributed by atoms with van der Waals surface area (Å²) in [6, 6.07) is 1.14. The quantitative estimate of drug-likeness (QED) is 0.628. The number of carbonyl (C=O) groups is 1. The summed E-state index contributed by atoms with van der Waals surface area (Å²) in [4.78, 5) is 11.6. The first kappa shape index (κ1) is 16.4. The summed E-state index contributed by atoms with van der Waals surface area (Å²) in [5.74, 6) is 0.678. The van der Waals surface area contributed by atoms with E-state index in [1.807, 2.05) is 0 Å². The fraction of sp³-hybridized carbons (Fsp3) is 0.933. The Morgan fingerprint density at radius 2 is 2.11 bits per heavy atom. The molecule has 0 aromatic carbocycles. The highest BCUT2D eigenvalue weighted by Gasteiger charge is 2.15. The molecule has 2 atom stereocenters. The van der Waals surface area contributed by atoms with Gasteiger partial charge >= 0.3 is 0 Å². The van der Waals surface area contributed by atoms with Gasteiger partial charge < -0.3 is 16.0 Å². The summed E-state index contributed by atoms with van der Waals surface area (Å²) < 4.78 is 0. The van der Waals surface area contributed by atoms with Crippen molar-refractivity contribution in [2.24, 2.45) is 5.92 Å². The number of carbonyl (C=O) groups excluding carboxylic acids is 1. The minimum atomic E-state index is 0.157. The number of amides is 1. The van der Waals surface area contributed by atoms with Gasteiger partial charge in [0.2, 0.25) is 5.91 Å². The topological polar surface area (TPSA) is 53.2 Å². The Labute approximate surface area is 118 Å². The minimum Gasteiger partial charge on any atom is -0.356 e. The van der Waals surface area contributed by atoms with Crippen molar-refractivity contribution in [2.75, 3.05) is 19.6 Å². The fourth-order valence-electron chi connectivity index (χ4n) is 2.47. The van der Waals surface area contributed by atoms with Crippen LogP contribution in [0.1, 0.15) is 52.9 Å². The molecule has 0 aromatic rings. The van der Waals surface area contributed by atoms with Gasteiger partial charge in [0, 0.05) is 31.6 Å². The largest absolute Gasteiger partial charge is 0.356 e. The summed E-state index contributed by atoms with van der Waals surface area (Å²) in [6.07, 6.45) is 5.69. The average molecular weight is 269 g/mol. The lowest BCUT2D eigenvalue weighted by Crippen LogP contribution is -2.40. The van der Waals surface area contributed by atoms with Gasteiger partial charge in [0.1, 0.15) is 0 Å². The minimum absolute atomic E-state index is 0.157. The van der Waals surface area contributed by atoms with E-state index < -0.39 is 0 Å². The molecule has 1 saturated heterocycles. The van der Waals surface area contributed by atoms with Crippen molar-refractivity contribution < 1.29 is 4.79 Å². The number of hydrogen-bond donors (Lipinski definition) is 3. The van der Waals surface area contributed by atoms with Gasteiger partial charge in [-0.25, -0.2) is 0 Å². The second-order valence-corrected chi connectivity index (χ2v) is 6.19. The molecule has 1 heterocycles. The van der Waals surface area contributed by atoms with Crippen molar-refractivity contribution >= 4 is 5.91 Å². The van der Waals surface area contributed by atoms with Gasteiger partial charge in [0.15, 0.2) is 0 Å². The van der Waals surface area contributed by atoms with Crippen molar-refractivity contribution in [1.82, 2.24) is 16.0 Å². The summed E-state index contributed by atoms with van der Waals surface area (Å²) in [6.45, 7) is 9.14. The number of rotatable bonds is 8. The molecule has 112 valence electrons. The Morgan fingerprint density at radius 3 is 2.74 bits per heavy atom. The van der Waals surface area contributed by atoms with E-state index in [1.54, 1.807) is 0 Å². The number of piperidine rings is 1. The van der Waals surface area contributed by atoms with E-state index in [0.29, 0.717) is 24.4 Å². The van der Waals surface area contributed by atoms with Crippen LogP contribution in [0.15, 0.2) is 0 Å². The Kier molecular flexibility index (Phi) is 8.07. The predicted octanol–water partition coefficient (Wildman–Crippen LogP) is 1.66. The van der Waals surface area contributed by atoms with Gasteiger partial charge in [-0.05, 0) is 38.6 Å². The molecule has 4 nitrogen and oxygen atoms in total. The Bertz CT molecular complexity index is 250. The van der Waals surface area contributed by atoms with Gasteiger partial charge in [-0.15, -0.1) is 0 Å². The monoisotopic (exact) mass is 269 g/mol. The van der Waals surface area contributed by atoms with E-state index in [4.69, 9.17) is 0 Å². The summed E-state index contributed by atoms with van der Waals surface area (Å²) in [7, 11) is 0. The van der Waals surface area contributed by atoms with Crippen molar-refractivity contribution in [2.45, 2.75) is 65.0 Å². The molecule has 1 rings (SSSR count). The van der Waals surface area contributed by atoms with Crippen LogP contribution < -0.4 is 16.0 Å². The van der Waals surface area contributed by atoms with Gasteiger partial charge in [-0.2, -0.15) is 0 Å². The molecule has 1 amide bonds. The highest BCUT2D eigenvalue weighted by molar-refractivity contribution is 5.76. The lowest BCUT2D eigenvalue weighted by molar-refractivity contribution is -0.121. The maximum absolute atomic E-state index is 11.6. The third-order valence-corrected chi connectivity index (χ3v) is 3.60. The smallest absolute Gasteiger partial charge is 0.221 e. The normalized spacial score (nSPS) is 21.4. The van der Waals surface area contributed by atoms with Gasteiger partial charge in [0.25, 0.3) is 0 Å². The lowest BCUT2D eigenvalue weighted by atomic mass is 9.99. The van der Waals surface area contributed by atoms with E-state index in [9.17, 15) is 4.79 Å². The van der Waals surface area contributed by atoms with Crippen LogP contribution in [0.5, 0.6) is 0 Å². The van der Waals surface area contributed by atoms with Crippen LogP contribution in [-0.4, -0.2) is 37.6 Å². The first-order chi connectivity index (χ1) is 9.08. The van der Waals surface area contributed by atoms with Crippen molar-refractivity contribution in [3.8, 4) is 0 Å². The fourth-order valence-corrected chi connectivity index (χ4v) is 2.47. The highest BCUT2D eigenvalue weighted by Crippen LogP contribution is 2.11. The third kappa shape index (κ3) is 8.22. The standard InChI is InChI=1S/C15H31N3O/c1-12(2)11-18-15(19)7-9-16-13(3)10-14-6-4-5-8-17-14/h12-14,16-17H,4-11H2,1-3H3,(H,18,19). The van der Waals surface area contributed by atoms with Gasteiger partial charge in [-0.3, -0.25) is 4.79 Å². The van der Waals surface area contributed by atoms with E-state index in [1.165, 1.54) is 19.3 Å². The molecule has 0 spiro atoms. The first-order valence-electron chi connectivity index (χ1n) is 7.81. The molecule has 2 unspecified atom stereocenters. The Hall–Kier alpha value is -0.610. The maximum Gasteiger partial charge on any atom is 0.221 e. The Morgan fingerprint density at radius 1 is 1.32 bits per heavy atom. The second-order valence-electron chi connectivity index (χ2n) is 6.19. The van der Waals surface area contributed by atoms with Crippen LogP contribution in [-0.2, 0) is 4.79 Å². The van der Waals surface area contributed by atoms with E-state index in [-0.39, 0.29) is 5.91 Å². The highest BCUT2D eigenvalue weighted by atomic mass is 16.1. The third-order valence-electron chi connectivity index (χ3n) is 3.60. The van der Waals surface area contributed by atoms with E-state index in [2.05, 4.69) is 36.7 Å². The lowest BCUT2D eigenvalue weighted by Gasteiger charge is -2.26. The van der Waals surface area contributed by atoms with Crippen molar-refractivity contribution in [3.63, 3.8) is 0 Å². The molecule has 0 bridgehead atoms. The van der Waals surface area contributed by atoms with Crippen molar-refractivity contribution in [3.05, 3.63) is 0 Å². The number of nitrogens with one attached hydrogen (secondary N) is 3. The zero-order chi connectivity index (χ0) is 14.1. The van der Waals surface area contributed by atoms with E-state index in [0.717, 1.165) is 26.1 Å². The van der Waals surface area contributed by atoms with Crippen LogP contribution in [0.3, 0.4) is 0 Å². The summed E-state index contributed by atoms with van der Waals surface area (Å²) in [5.41, 5.74) is 0. The van der Waals surface area contributed by atoms with Crippen molar-refractivity contribution in [1.29, 1.82) is 0 Å². The molecule has 0 aromatic heterocycles. The van der Waals surface area contributed by atoms with Gasteiger partial charge in [-0.1, -0.05) is 20.3 Å². The zero-order valence-corrected chi connectivity index (χ0v) is 12.8. The predicted molar refractivity (Wildman–Crippen MR) is 80.2 cm³/mol. The van der Waals surface area contributed by atoms with Gasteiger partial charge in [0.05, 0.1) is 0 Å². The van der Waals surface area contributed by atoms with Crippen LogP contribution in [0.2, 0.25) is 0 Å². The van der Waals surface area contributed by atoms with E-state index >= 15 is 0 Å². The molecule has 1 aliphatic heterocycles. The van der Waals surface area contributed by atoms with Crippen LogP contribution in [0.4, 0.5) is 0 Å². The summed E-state index contributed by atoms with van der Waals surface area (Å²) in [5, 5.41) is 9.96. The molecule has 0 saturated carbocycles. The molecule has 1 aliphatic rings. The Balaban J connectivity index is 2.02. The molecule has 4 heteroatoms. The second kappa shape index (κ2) is 9.32. The van der Waals surface area contributed by atoms with Crippen LogP contribution in [0.25, 0.3) is 0 Å². The average Bonchev–Trinajstić information content (AvgIpc) is 2.37. The molecular formula is C15H31N3O. The summed E-state index contributed by atoms with van der Waals surface area (Å²) >= 11 is 0. The number of hydrogen-bond acceptors (Lipinski definition) is 3. The molecule has 3 N–H and O–H groups in total. The zero-order valence-electron chi connectivity index (χ0n) is 12.8. The SMILES string of the molecule is CC(C)CNC(=O)CCNC(C)CC1CCCCN1. The molecular weight excluding hydrogens is 238 g/mol. The first-order valence-corrected chi connectivity index (χ1v) is 7.81. The van der Waals surface area contributed by atoms with Crippen LogP contribution >= 0.6 is 0 Å². The molecule has 0 radical (unpaired) electrons.